The van der Waals surface area contributed by atoms with Gasteiger partial charge in [-0.05, 0) is 51.4 Å². The summed E-state index contributed by atoms with van der Waals surface area (Å²) in [6.45, 7) is 8.43. The first kappa shape index (κ1) is 110. The minimum atomic E-state index is -4.63. The van der Waals surface area contributed by atoms with Crippen molar-refractivity contribution in [3.8, 4) is 0 Å². The molecule has 0 bridgehead atoms. The predicted octanol–water partition coefficient (Wildman–Crippen LogP) is 24.7. The summed E-state index contributed by atoms with van der Waals surface area (Å²) in [5, 5.41) is 0. The molecule has 4 atom stereocenters. The second-order valence-electron chi connectivity index (χ2n) is 33.5. The molecule has 0 spiro atoms. The van der Waals surface area contributed by atoms with E-state index in [1.165, 1.54) is 295 Å². The fourth-order valence-electron chi connectivity index (χ4n) is 12.9. The number of carbonyl (C=O) groups excluding carboxylic acids is 4. The molecule has 20 heteroatoms. The molecule has 0 fully saturated rings. The van der Waals surface area contributed by atoms with Crippen molar-refractivity contribution >= 4 is 39.5 Å². The number of hydrogen-bond donors (Lipinski definition) is 0. The average Bonchev–Trinajstić information content (AvgIpc) is 0.907. The van der Waals surface area contributed by atoms with E-state index in [2.05, 4.69) is 39.8 Å². The Morgan fingerprint density at radius 3 is 0.709 bits per heavy atom. The lowest BCUT2D eigenvalue weighted by Crippen LogP contribution is -2.37. The first-order valence-corrected chi connectivity index (χ1v) is 48.7. The van der Waals surface area contributed by atoms with Crippen molar-refractivity contribution in [1.29, 1.82) is 0 Å². The number of phosphoric ester groups is 2. The smallest absolute Gasteiger partial charge is 0.306 e. The molecule has 0 aromatic heterocycles. The Morgan fingerprint density at radius 1 is 0.273 bits per heavy atom. The van der Waals surface area contributed by atoms with Gasteiger partial charge in [0, 0.05) is 25.7 Å². The monoisotopic (exact) mass is 1600 g/mol. The molecule has 0 radical (unpaired) electrons. The van der Waals surface area contributed by atoms with Gasteiger partial charge in [0.2, 0.25) is 0 Å². The summed E-state index contributed by atoms with van der Waals surface area (Å²) >= 11 is 0. The van der Waals surface area contributed by atoms with E-state index in [-0.39, 0.29) is 64.0 Å². The Balaban J connectivity index is 0. The number of allylic oxidation sites excluding steroid dienone is 4. The normalized spacial score (nSPS) is 13.6. The average molecular weight is 1600 g/mol. The fourth-order valence-corrected chi connectivity index (χ4v) is 14.3. The number of nitrogens with zero attached hydrogens (tertiary/aromatic N) is 2. The Morgan fingerprint density at radius 2 is 0.482 bits per heavy atom. The molecule has 0 aliphatic heterocycles. The lowest BCUT2D eigenvalue weighted by Gasteiger charge is -2.28. The van der Waals surface area contributed by atoms with Crippen LogP contribution in [0.15, 0.2) is 24.3 Å². The van der Waals surface area contributed by atoms with Crippen LogP contribution in [0.25, 0.3) is 0 Å². The van der Waals surface area contributed by atoms with Gasteiger partial charge in [0.1, 0.15) is 39.5 Å². The molecule has 0 aromatic carbocycles. The largest absolute Gasteiger partial charge is 0.756 e. The van der Waals surface area contributed by atoms with Crippen LogP contribution in [0.3, 0.4) is 0 Å². The lowest BCUT2D eigenvalue weighted by atomic mass is 10.0. The van der Waals surface area contributed by atoms with Crippen molar-refractivity contribution in [2.75, 3.05) is 95.0 Å². The molecule has 4 unspecified atom stereocenters. The molecule has 0 aliphatic carbocycles. The van der Waals surface area contributed by atoms with Gasteiger partial charge in [-0.3, -0.25) is 28.3 Å². The molecular weight excluding hydrogens is 1430 g/mol. The van der Waals surface area contributed by atoms with Crippen LogP contribution in [0.1, 0.15) is 426 Å². The van der Waals surface area contributed by atoms with Crippen molar-refractivity contribution in [1.82, 2.24) is 0 Å². The number of likely N-dealkylation sites (N-methyl/N-ethyl adjacent to an activating group) is 2. The van der Waals surface area contributed by atoms with Gasteiger partial charge in [0.05, 0.1) is 55.5 Å². The Kier molecular flexibility index (Phi) is 80.0. The van der Waals surface area contributed by atoms with E-state index in [0.29, 0.717) is 34.9 Å². The summed E-state index contributed by atoms with van der Waals surface area (Å²) in [5.41, 5.74) is 0. The van der Waals surface area contributed by atoms with E-state index < -0.39 is 53.0 Å². The van der Waals surface area contributed by atoms with E-state index >= 15 is 0 Å². The molecule has 0 saturated carbocycles. The summed E-state index contributed by atoms with van der Waals surface area (Å²) in [4.78, 5) is 75.0. The van der Waals surface area contributed by atoms with Crippen molar-refractivity contribution in [2.24, 2.45) is 0 Å². The highest BCUT2D eigenvalue weighted by Gasteiger charge is 2.24. The minimum Gasteiger partial charge on any atom is -0.756 e. The van der Waals surface area contributed by atoms with Gasteiger partial charge in [-0.15, -0.1) is 0 Å². The summed E-state index contributed by atoms with van der Waals surface area (Å²) < 4.78 is 67.7. The molecule has 0 rings (SSSR count). The highest BCUT2D eigenvalue weighted by atomic mass is 31.2. The maximum absolute atomic E-state index is 12.7. The fraction of sp³-hybridized carbons (Fsp3) is 0.911. The van der Waals surface area contributed by atoms with Crippen LogP contribution in [-0.2, 0) is 65.4 Å². The molecular formula is C90H176N2O16P2. The Labute approximate surface area is 677 Å². The van der Waals surface area contributed by atoms with Crippen LogP contribution in [-0.4, -0.2) is 140 Å². The summed E-state index contributed by atoms with van der Waals surface area (Å²) in [6, 6.07) is 0. The zero-order chi connectivity index (χ0) is 81.4. The number of esters is 4. The number of rotatable bonds is 84. The van der Waals surface area contributed by atoms with Crippen LogP contribution < -0.4 is 9.79 Å². The van der Waals surface area contributed by atoms with Crippen molar-refractivity contribution in [3.05, 3.63) is 24.3 Å². The third-order valence-corrected chi connectivity index (χ3v) is 22.0. The van der Waals surface area contributed by atoms with Crippen molar-refractivity contribution in [3.63, 3.8) is 0 Å². The minimum absolute atomic E-state index is 0.0332. The van der Waals surface area contributed by atoms with Crippen molar-refractivity contribution < 1.29 is 84.1 Å². The standard InChI is InChI=1S/2C45H88NO8P/c1-6-8-10-12-14-16-18-20-22-23-24-26-28-30-32-34-36-38-45(48)54-43(42-53-55(49,50)52-40-39-46(3,4)5)41-51-44(47)37-35-33-31-29-27-25-21-19-17-15-13-11-9-7-2;1-6-8-10-12-14-16-18-20-22-24-26-28-30-32-34-36-38-45(48)54-43(42-53-55(49,50)52-40-39-46(3,4)5)41-51-44(47)37-35-33-31-29-27-25-23-21-19-17-15-13-11-9-7-2/h2*32,34,43H,6-31,33,35-42H2,1-5H3/b2*34-32-. The maximum Gasteiger partial charge on any atom is 0.306 e. The zero-order valence-electron chi connectivity index (χ0n) is 73.3. The van der Waals surface area contributed by atoms with Crippen LogP contribution >= 0.6 is 15.6 Å². The van der Waals surface area contributed by atoms with Gasteiger partial charge >= 0.3 is 23.9 Å². The van der Waals surface area contributed by atoms with Gasteiger partial charge in [-0.1, -0.05) is 373 Å². The Bertz CT molecular complexity index is 2210. The summed E-state index contributed by atoms with van der Waals surface area (Å²) in [5.74, 6) is -1.76. The highest BCUT2D eigenvalue weighted by molar-refractivity contribution is 7.46. The summed E-state index contributed by atoms with van der Waals surface area (Å²) in [7, 11) is 2.31. The quantitative estimate of drug-likeness (QED) is 0.0138. The summed E-state index contributed by atoms with van der Waals surface area (Å²) in [6.07, 6.45) is 79.2. The second kappa shape index (κ2) is 80.3. The van der Waals surface area contributed by atoms with Crippen LogP contribution in [0.4, 0.5) is 0 Å². The third kappa shape index (κ3) is 89.4. The van der Waals surface area contributed by atoms with E-state index in [1.54, 1.807) is 0 Å². The number of hydrogen-bond acceptors (Lipinski definition) is 16. The highest BCUT2D eigenvalue weighted by Crippen LogP contribution is 2.39. The molecule has 0 saturated heterocycles. The van der Waals surface area contributed by atoms with Gasteiger partial charge in [0.25, 0.3) is 15.6 Å². The molecule has 0 amide bonds. The SMILES string of the molecule is CCCCCCCCCCCCCC/C=C\CCC(=O)OC(COC(=O)CCCCCCCCCCCCCCCCC)COP(=O)([O-])OCC[N+](C)(C)C.CCCCCCCCCCCCCCC/C=C\CCC(=O)OC(COC(=O)CCCCCCCCCCCCCCCC)COP(=O)([O-])OCC[N+](C)(C)C. The van der Waals surface area contributed by atoms with Gasteiger partial charge in [-0.25, -0.2) is 0 Å². The molecule has 110 heavy (non-hydrogen) atoms. The predicted molar refractivity (Wildman–Crippen MR) is 454 cm³/mol. The molecule has 0 aliphatic rings. The van der Waals surface area contributed by atoms with E-state index in [9.17, 15) is 38.1 Å². The van der Waals surface area contributed by atoms with E-state index in [1.807, 2.05) is 54.4 Å². The topological polar surface area (TPSA) is 222 Å². The van der Waals surface area contributed by atoms with Gasteiger partial charge in [-0.2, -0.15) is 0 Å². The molecule has 0 N–H and O–H groups in total. The Hall–Kier alpha value is -2.50. The number of unbranched alkanes of at least 4 members (excludes halogenated alkanes) is 52. The molecule has 652 valence electrons. The van der Waals surface area contributed by atoms with Gasteiger partial charge < -0.3 is 55.8 Å². The van der Waals surface area contributed by atoms with Crippen LogP contribution in [0.5, 0.6) is 0 Å². The van der Waals surface area contributed by atoms with Gasteiger partial charge in [0.15, 0.2) is 12.2 Å². The number of ether oxygens (including phenoxy) is 4. The van der Waals surface area contributed by atoms with Crippen LogP contribution in [0, 0.1) is 0 Å². The van der Waals surface area contributed by atoms with E-state index in [0.717, 1.165) is 64.2 Å². The molecule has 0 aromatic rings. The zero-order valence-corrected chi connectivity index (χ0v) is 75.1. The number of quaternary nitrogens is 2. The second-order valence-corrected chi connectivity index (χ2v) is 36.4. The number of phosphoric acid groups is 2. The maximum atomic E-state index is 12.7. The first-order chi connectivity index (χ1) is 53.0. The van der Waals surface area contributed by atoms with Crippen molar-refractivity contribution in [2.45, 2.75) is 438 Å². The first-order valence-electron chi connectivity index (χ1n) is 45.8. The van der Waals surface area contributed by atoms with Crippen LogP contribution in [0.2, 0.25) is 0 Å². The molecule has 0 heterocycles. The third-order valence-electron chi connectivity index (χ3n) is 20.1. The van der Waals surface area contributed by atoms with E-state index in [4.69, 9.17) is 37.0 Å². The number of carbonyl (C=O) groups is 4. The lowest BCUT2D eigenvalue weighted by molar-refractivity contribution is -0.870. The molecule has 18 nitrogen and oxygen atoms in total.